The fourth-order valence-electron chi connectivity index (χ4n) is 15.7. The maximum absolute atomic E-state index is 14.4. The average Bonchev–Trinajstić information content (AvgIpc) is 1.57. The minimum atomic E-state index is -3.03. The van der Waals surface area contributed by atoms with Crippen LogP contribution in [0.1, 0.15) is 89.5 Å². The van der Waals surface area contributed by atoms with Crippen LogP contribution in [0.15, 0.2) is 156 Å². The van der Waals surface area contributed by atoms with Gasteiger partial charge in [0.05, 0.1) is 12.2 Å². The van der Waals surface area contributed by atoms with Gasteiger partial charge < -0.3 is 51.8 Å². The van der Waals surface area contributed by atoms with E-state index in [1.165, 1.54) is 36.4 Å². The lowest BCUT2D eigenvalue weighted by atomic mass is 9.88. The Bertz CT molecular complexity index is 5260. The molecule has 20 rings (SSSR count). The molecule has 6 aliphatic heterocycles. The summed E-state index contributed by atoms with van der Waals surface area (Å²) >= 11 is 18.3. The van der Waals surface area contributed by atoms with Gasteiger partial charge >= 0.3 is 0 Å². The molecule has 13 aliphatic rings. The third-order valence-electron chi connectivity index (χ3n) is 22.6. The van der Waals surface area contributed by atoms with Crippen molar-refractivity contribution < 1.29 is 126 Å². The number of aliphatic hydroxyl groups excluding tert-OH is 1. The van der Waals surface area contributed by atoms with Gasteiger partial charge in [-0.05, 0) is 225 Å². The summed E-state index contributed by atoms with van der Waals surface area (Å²) in [6.45, 7) is 0. The molecule has 51 heteroatoms. The van der Waals surface area contributed by atoms with Gasteiger partial charge in [0, 0.05) is 47.0 Å². The number of aliphatic imine (C=N–C) groups is 4. The Kier molecular flexibility index (Phi) is 27.4. The highest BCUT2D eigenvalue weighted by atomic mass is 79.9. The van der Waals surface area contributed by atoms with Gasteiger partial charge in [-0.15, -0.1) is 0 Å². The summed E-state index contributed by atoms with van der Waals surface area (Å²) in [6.07, 6.45) is -20.3. The lowest BCUT2D eigenvalue weighted by Crippen LogP contribution is -2.48. The molecular formula is C76H63Br6F20N17O8. The number of fused-ring (bicyclic) bond motifs is 6. The van der Waals surface area contributed by atoms with Gasteiger partial charge in [-0.25, -0.2) is 138 Å². The highest BCUT2D eigenvalue weighted by Gasteiger charge is 2.71. The normalized spacial score (nSPS) is 31.2. The van der Waals surface area contributed by atoms with Crippen molar-refractivity contribution in [3.63, 3.8) is 0 Å². The summed E-state index contributed by atoms with van der Waals surface area (Å²) in [6, 6.07) is 21.3. The van der Waals surface area contributed by atoms with Crippen molar-refractivity contribution in [2.45, 2.75) is 166 Å². The van der Waals surface area contributed by atoms with Crippen LogP contribution < -0.4 is 33.7 Å². The van der Waals surface area contributed by atoms with E-state index in [9.17, 15) is 97.7 Å². The van der Waals surface area contributed by atoms with Gasteiger partial charge in [0.1, 0.15) is 138 Å². The Morgan fingerprint density at radius 1 is 0.433 bits per heavy atom. The predicted octanol–water partition coefficient (Wildman–Crippen LogP) is 15.4. The van der Waals surface area contributed by atoms with Crippen LogP contribution in [0.5, 0.6) is 0 Å². The lowest BCUT2D eigenvalue weighted by molar-refractivity contribution is -0.0587. The molecule has 11 N–H and O–H groups in total. The van der Waals surface area contributed by atoms with Crippen LogP contribution in [0.2, 0.25) is 0 Å². The number of aliphatic hydroxyl groups is 1. The average molecular weight is 2200 g/mol. The number of rotatable bonds is 15. The second-order valence-electron chi connectivity index (χ2n) is 30.6. The van der Waals surface area contributed by atoms with E-state index in [0.717, 1.165) is 42.8 Å². The summed E-state index contributed by atoms with van der Waals surface area (Å²) in [5.41, 5.74) is 9.53. The third kappa shape index (κ3) is 18.6. The Morgan fingerprint density at radius 3 is 1.09 bits per heavy atom. The second-order valence-corrected chi connectivity index (χ2v) is 35.5. The monoisotopic (exact) mass is 2190 g/mol. The molecule has 6 aromatic heterocycles. The molecule has 12 heterocycles. The fourth-order valence-corrected chi connectivity index (χ4v) is 17.6. The van der Waals surface area contributed by atoms with Crippen molar-refractivity contribution in [1.82, 2.24) is 40.7 Å². The number of aromatic nitrogens is 6. The number of nitrogens with two attached hydrogens (primary N) is 4. The second kappa shape index (κ2) is 36.8. The molecule has 7 aromatic rings. The van der Waals surface area contributed by atoms with Crippen molar-refractivity contribution in [1.29, 1.82) is 0 Å². The number of carbonyl (C=O) groups is 1. The lowest BCUT2D eigenvalue weighted by Gasteiger charge is -2.32. The molecule has 127 heavy (non-hydrogen) atoms. The van der Waals surface area contributed by atoms with E-state index < -0.39 is 214 Å². The van der Waals surface area contributed by atoms with E-state index in [1.807, 2.05) is 0 Å². The van der Waals surface area contributed by atoms with Crippen LogP contribution in [-0.2, 0) is 61.9 Å². The SMILES string of the molecule is FC(F)C1=NOC2CC12.Fc1ccc(Br)nc1[C@@]1(C(F)F)NOC2C[C@@H]21.NC1=N[C@@](c2nc(Br)ccc2F)(C(F)F)[C@H]2CC2O1.NC1=N[C@@](c2nc(Br)ccc2F)(C(F)F)[C@H]2C[C@H]2O1.NC1=N[C@](c2nc(Br)ccc2F)(C(F)F)[C@@H]2C[C@@H]2O1.N[C@@](c1nc(Br)ccc1F)(C(F)F)[C@H]1CC1O.O=C(NC1=N[C@@](c2nc(Br)ccc2F)(C(F)F)[C@H]2CC2O1)c1ccccc1. The molecule has 0 bridgehead atoms. The van der Waals surface area contributed by atoms with Crippen LogP contribution in [0.4, 0.5) is 87.8 Å². The van der Waals surface area contributed by atoms with E-state index in [4.69, 9.17) is 46.7 Å². The highest BCUT2D eigenvalue weighted by Crippen LogP contribution is 2.61. The molecule has 7 aliphatic carbocycles. The topological polar surface area (TPSA) is 360 Å². The van der Waals surface area contributed by atoms with Crippen molar-refractivity contribution in [3.8, 4) is 0 Å². The molecule has 0 radical (unpaired) electrons. The van der Waals surface area contributed by atoms with Crippen molar-refractivity contribution in [2.75, 3.05) is 0 Å². The first-order valence-electron chi connectivity index (χ1n) is 37.7. The first kappa shape index (κ1) is 94.8. The zero-order valence-corrected chi connectivity index (χ0v) is 73.3. The summed E-state index contributed by atoms with van der Waals surface area (Å²) in [7, 11) is 0. The maximum Gasteiger partial charge on any atom is 0.293 e. The number of nitrogens with zero attached hydrogens (tertiary/aromatic N) is 11. The molecule has 25 nitrogen and oxygen atoms in total. The molecule has 1 aromatic carbocycles. The number of ether oxygens (including phenoxy) is 4. The van der Waals surface area contributed by atoms with E-state index in [-0.39, 0.29) is 89.5 Å². The fraction of sp³-hybridized carbons (Fsp3) is 0.447. The number of hydrogen-bond donors (Lipinski definition) is 7. The van der Waals surface area contributed by atoms with E-state index in [0.29, 0.717) is 35.8 Å². The van der Waals surface area contributed by atoms with Crippen LogP contribution in [-0.4, -0.2) is 158 Å². The quantitative estimate of drug-likeness (QED) is 0.0370. The van der Waals surface area contributed by atoms with Crippen molar-refractivity contribution in [3.05, 3.63) is 205 Å². The van der Waals surface area contributed by atoms with Crippen molar-refractivity contribution >= 4 is 131 Å². The number of halogens is 26. The smallest absolute Gasteiger partial charge is 0.293 e. The third-order valence-corrected chi connectivity index (χ3v) is 25.3. The number of oxime groups is 1. The number of carbonyl (C=O) groups excluding carboxylic acids is 1. The van der Waals surface area contributed by atoms with E-state index >= 15 is 0 Å². The number of amidine groups is 4. The molecule has 1 amide bonds. The minimum absolute atomic E-state index is 0.00556. The molecule has 682 valence electrons. The van der Waals surface area contributed by atoms with Gasteiger partial charge in [-0.1, -0.05) is 23.4 Å². The molecule has 6 unspecified atom stereocenters. The number of nitrogens with one attached hydrogen (secondary N) is 2. The van der Waals surface area contributed by atoms with Crippen molar-refractivity contribution in [2.24, 2.45) is 89.5 Å². The largest absolute Gasteiger partial charge is 0.462 e. The van der Waals surface area contributed by atoms with Gasteiger partial charge in [-0.2, -0.15) is 5.48 Å². The number of benzene rings is 1. The molecular weight excluding hydrogens is 2140 g/mol. The predicted molar refractivity (Wildman–Crippen MR) is 426 cm³/mol. The van der Waals surface area contributed by atoms with Crippen LogP contribution in [0, 0.1) is 76.3 Å². The molecule has 7 saturated carbocycles. The standard InChI is InChI=1S/C18H13BrF3N3O2.3C11H9BrF3N3O.C10H8BrF3N2O.C10H10BrF3N2O.C5H5F2NO/c19-13-7-6-11(20)14(23-13)18(16(21)22)10-8-12(10)27-17(25-18)24-15(26)9-4-2-1-3-5-9;3*12-7-2-1-5(13)8(17-7)11(9(14)15)4-3-6(4)19-10(16)18-11;11-7-2-1-5(12)8(15-7)10(9(13)14)4-3-6(4)17-16-10;11-7-2-1-5(12)8(16-7)10(15,9(13)14)4-3-6(4)17;6-5(7)4-2-1-3(2)9-8-4/h1-7,10,12,16H,8H2,(H,24,25,26);3*1-2,4,6,9H,3H2,(H2,16,18);1-2,4,6,9,16H,3H2;1-2,4,6,9,17H,3,15H2;2-3,5H,1H2/t10-,12?,18-;4-,6?,11-;2*4-,6+,11-;2*4-,6?,10-;/m001000./s1. The first-order chi connectivity index (χ1) is 60.0. The van der Waals surface area contributed by atoms with E-state index in [1.54, 1.807) is 30.3 Å². The number of hydroxylamine groups is 1. The number of pyridine rings is 6. The van der Waals surface area contributed by atoms with Gasteiger partial charge in [0.15, 0.2) is 27.7 Å². The number of alkyl halides is 14. The molecule has 20 atom stereocenters. The number of amides is 1. The minimum Gasteiger partial charge on any atom is -0.462 e. The zero-order chi connectivity index (χ0) is 92.0. The van der Waals surface area contributed by atoms with Gasteiger partial charge in [0.2, 0.25) is 0 Å². The van der Waals surface area contributed by atoms with Crippen LogP contribution in [0.3, 0.4) is 0 Å². The Balaban J connectivity index is 0.000000122. The Hall–Kier alpha value is -8.34. The summed E-state index contributed by atoms with van der Waals surface area (Å²) in [4.78, 5) is 60.0. The van der Waals surface area contributed by atoms with Gasteiger partial charge in [0.25, 0.3) is 75.0 Å². The first-order valence-corrected chi connectivity index (χ1v) is 42.5. The Labute approximate surface area is 754 Å². The Morgan fingerprint density at radius 2 is 0.780 bits per heavy atom. The summed E-state index contributed by atoms with van der Waals surface area (Å²) in [5.74, 6) is -9.42. The number of hydrogen-bond acceptors (Lipinski definition) is 24. The summed E-state index contributed by atoms with van der Waals surface area (Å²) in [5, 5.41) is 14.9. The maximum atomic E-state index is 14.4. The van der Waals surface area contributed by atoms with Gasteiger partial charge in [-0.3, -0.25) is 14.9 Å². The highest BCUT2D eigenvalue weighted by molar-refractivity contribution is 9.11. The van der Waals surface area contributed by atoms with Crippen LogP contribution >= 0.6 is 95.6 Å². The zero-order valence-electron chi connectivity index (χ0n) is 63.7. The molecule has 8 fully saturated rings. The van der Waals surface area contributed by atoms with E-state index in [2.05, 4.69) is 166 Å². The summed E-state index contributed by atoms with van der Waals surface area (Å²) < 4.78 is 292. The molecule has 0 spiro atoms. The molecule has 1 saturated heterocycles. The van der Waals surface area contributed by atoms with Crippen LogP contribution in [0.25, 0.3) is 0 Å².